The van der Waals surface area contributed by atoms with Gasteiger partial charge in [0.25, 0.3) is 0 Å². The molecule has 1 aromatic rings. The summed E-state index contributed by atoms with van der Waals surface area (Å²) in [5.74, 6) is 0. The van der Waals surface area contributed by atoms with Gasteiger partial charge in [-0.05, 0) is 50.9 Å². The lowest BCUT2D eigenvalue weighted by atomic mass is 10.1. The first-order valence-electron chi connectivity index (χ1n) is 5.17. The molecular weight excluding hydrogens is 172 g/mol. The van der Waals surface area contributed by atoms with Crippen LogP contribution in [0, 0.1) is 13.8 Å². The Hall–Kier alpha value is -1.02. The fourth-order valence-electron chi connectivity index (χ4n) is 1.48. The van der Waals surface area contributed by atoms with E-state index in [2.05, 4.69) is 44.3 Å². The second-order valence-electron chi connectivity index (χ2n) is 3.94. The lowest BCUT2D eigenvalue weighted by Gasteiger charge is -2.16. The highest BCUT2D eigenvalue weighted by Gasteiger charge is 2.02. The molecular formula is C12H20N2. The Balaban J connectivity index is 2.70. The molecule has 0 spiro atoms. The van der Waals surface area contributed by atoms with Crippen LogP contribution >= 0.6 is 0 Å². The maximum Gasteiger partial charge on any atom is 0.0374 e. The van der Waals surface area contributed by atoms with Crippen molar-refractivity contribution >= 4 is 5.69 Å². The number of anilines is 1. The molecule has 0 amide bonds. The molecule has 2 heteroatoms. The summed E-state index contributed by atoms with van der Waals surface area (Å²) in [6.07, 6.45) is 1.01. The molecule has 2 nitrogen and oxygen atoms in total. The minimum absolute atomic E-state index is 0.445. The van der Waals surface area contributed by atoms with Crippen molar-refractivity contribution in [2.24, 2.45) is 5.73 Å². The van der Waals surface area contributed by atoms with Crippen LogP contribution in [0.3, 0.4) is 0 Å². The van der Waals surface area contributed by atoms with E-state index in [1.165, 1.54) is 16.8 Å². The number of hydrogen-bond acceptors (Lipinski definition) is 2. The molecule has 0 aliphatic carbocycles. The topological polar surface area (TPSA) is 38.0 Å². The highest BCUT2D eigenvalue weighted by Crippen LogP contribution is 2.17. The molecule has 1 aromatic carbocycles. The molecule has 0 saturated heterocycles. The predicted molar refractivity (Wildman–Crippen MR) is 62.7 cm³/mol. The Bertz CT molecular complexity index is 294. The lowest BCUT2D eigenvalue weighted by Crippen LogP contribution is -2.19. The van der Waals surface area contributed by atoms with Gasteiger partial charge in [0.2, 0.25) is 0 Å². The Morgan fingerprint density at radius 3 is 2.71 bits per heavy atom. The van der Waals surface area contributed by atoms with Crippen molar-refractivity contribution in [1.29, 1.82) is 0 Å². The van der Waals surface area contributed by atoms with Crippen LogP contribution < -0.4 is 11.1 Å². The largest absolute Gasteiger partial charge is 0.382 e. The monoisotopic (exact) mass is 192 g/mol. The van der Waals surface area contributed by atoms with Gasteiger partial charge in [0.05, 0.1) is 0 Å². The van der Waals surface area contributed by atoms with Crippen LogP contribution in [0.1, 0.15) is 24.5 Å². The highest BCUT2D eigenvalue weighted by atomic mass is 14.9. The number of benzene rings is 1. The molecule has 1 rings (SSSR count). The molecule has 0 bridgehead atoms. The smallest absolute Gasteiger partial charge is 0.0374 e. The first-order chi connectivity index (χ1) is 6.63. The fourth-order valence-corrected chi connectivity index (χ4v) is 1.48. The second-order valence-corrected chi connectivity index (χ2v) is 3.94. The summed E-state index contributed by atoms with van der Waals surface area (Å²) < 4.78 is 0. The van der Waals surface area contributed by atoms with Gasteiger partial charge in [-0.25, -0.2) is 0 Å². The SMILES string of the molecule is Cc1ccc(C)c(NC(C)CCN)c1. The standard InChI is InChI=1S/C12H20N2/c1-9-4-5-10(2)12(8-9)14-11(3)6-7-13/h4-5,8,11,14H,6-7,13H2,1-3H3. The molecule has 14 heavy (non-hydrogen) atoms. The summed E-state index contributed by atoms with van der Waals surface area (Å²) in [6.45, 7) is 7.13. The van der Waals surface area contributed by atoms with E-state index >= 15 is 0 Å². The maximum absolute atomic E-state index is 5.51. The van der Waals surface area contributed by atoms with E-state index in [1.807, 2.05) is 0 Å². The minimum Gasteiger partial charge on any atom is -0.382 e. The lowest BCUT2D eigenvalue weighted by molar-refractivity contribution is 0.716. The average molecular weight is 192 g/mol. The van der Waals surface area contributed by atoms with E-state index in [1.54, 1.807) is 0 Å². The van der Waals surface area contributed by atoms with E-state index in [0.29, 0.717) is 6.04 Å². The van der Waals surface area contributed by atoms with Gasteiger partial charge in [0, 0.05) is 11.7 Å². The molecule has 78 valence electrons. The summed E-state index contributed by atoms with van der Waals surface area (Å²) in [6, 6.07) is 6.91. The third-order valence-electron chi connectivity index (χ3n) is 2.39. The zero-order valence-corrected chi connectivity index (χ0v) is 9.30. The van der Waals surface area contributed by atoms with Gasteiger partial charge in [0.1, 0.15) is 0 Å². The third-order valence-corrected chi connectivity index (χ3v) is 2.39. The zero-order chi connectivity index (χ0) is 10.6. The van der Waals surface area contributed by atoms with Crippen LogP contribution in [0.5, 0.6) is 0 Å². The van der Waals surface area contributed by atoms with Gasteiger partial charge >= 0.3 is 0 Å². The molecule has 1 atom stereocenters. The molecule has 0 aliphatic rings. The van der Waals surface area contributed by atoms with Gasteiger partial charge in [-0.3, -0.25) is 0 Å². The van der Waals surface area contributed by atoms with Crippen LogP contribution in [-0.4, -0.2) is 12.6 Å². The van der Waals surface area contributed by atoms with Gasteiger partial charge < -0.3 is 11.1 Å². The van der Waals surface area contributed by atoms with Crippen LogP contribution in [0.4, 0.5) is 5.69 Å². The highest BCUT2D eigenvalue weighted by molar-refractivity contribution is 5.52. The van der Waals surface area contributed by atoms with E-state index in [9.17, 15) is 0 Å². The number of aryl methyl sites for hydroxylation is 2. The molecule has 0 saturated carbocycles. The van der Waals surface area contributed by atoms with Crippen molar-refractivity contribution in [3.05, 3.63) is 29.3 Å². The van der Waals surface area contributed by atoms with Gasteiger partial charge in [0.15, 0.2) is 0 Å². The average Bonchev–Trinajstić information content (AvgIpc) is 2.12. The Labute approximate surface area is 86.5 Å². The van der Waals surface area contributed by atoms with Crippen LogP contribution in [0.25, 0.3) is 0 Å². The Morgan fingerprint density at radius 1 is 1.36 bits per heavy atom. The first-order valence-corrected chi connectivity index (χ1v) is 5.17. The number of rotatable bonds is 4. The van der Waals surface area contributed by atoms with Crippen molar-refractivity contribution in [1.82, 2.24) is 0 Å². The van der Waals surface area contributed by atoms with E-state index in [0.717, 1.165) is 13.0 Å². The second kappa shape index (κ2) is 5.01. The van der Waals surface area contributed by atoms with Crippen molar-refractivity contribution in [3.63, 3.8) is 0 Å². The molecule has 3 N–H and O–H groups in total. The van der Waals surface area contributed by atoms with Gasteiger partial charge in [-0.2, -0.15) is 0 Å². The summed E-state index contributed by atoms with van der Waals surface area (Å²) in [7, 11) is 0. The minimum atomic E-state index is 0.445. The Morgan fingerprint density at radius 2 is 2.07 bits per heavy atom. The number of nitrogens with two attached hydrogens (primary N) is 1. The number of nitrogens with one attached hydrogen (secondary N) is 1. The normalized spacial score (nSPS) is 12.6. The molecule has 0 fully saturated rings. The van der Waals surface area contributed by atoms with E-state index < -0.39 is 0 Å². The molecule has 0 aromatic heterocycles. The maximum atomic E-state index is 5.51. The molecule has 0 heterocycles. The molecule has 0 radical (unpaired) electrons. The summed E-state index contributed by atoms with van der Waals surface area (Å²) in [5.41, 5.74) is 9.32. The number of hydrogen-bond donors (Lipinski definition) is 2. The van der Waals surface area contributed by atoms with Crippen molar-refractivity contribution in [2.45, 2.75) is 33.2 Å². The quantitative estimate of drug-likeness (QED) is 0.769. The summed E-state index contributed by atoms with van der Waals surface area (Å²) >= 11 is 0. The van der Waals surface area contributed by atoms with Crippen molar-refractivity contribution < 1.29 is 0 Å². The predicted octanol–water partition coefficient (Wildman–Crippen LogP) is 2.45. The van der Waals surface area contributed by atoms with Crippen molar-refractivity contribution in [2.75, 3.05) is 11.9 Å². The fraction of sp³-hybridized carbons (Fsp3) is 0.500. The summed E-state index contributed by atoms with van der Waals surface area (Å²) in [5, 5.41) is 3.47. The zero-order valence-electron chi connectivity index (χ0n) is 9.30. The van der Waals surface area contributed by atoms with E-state index in [-0.39, 0.29) is 0 Å². The first kappa shape index (κ1) is 11.1. The van der Waals surface area contributed by atoms with Gasteiger partial charge in [-0.1, -0.05) is 12.1 Å². The third kappa shape index (κ3) is 3.04. The van der Waals surface area contributed by atoms with E-state index in [4.69, 9.17) is 5.73 Å². The Kier molecular flexibility index (Phi) is 3.96. The van der Waals surface area contributed by atoms with Gasteiger partial charge in [-0.15, -0.1) is 0 Å². The van der Waals surface area contributed by atoms with Crippen molar-refractivity contribution in [3.8, 4) is 0 Å². The molecule has 1 unspecified atom stereocenters. The van der Waals surface area contributed by atoms with Crippen LogP contribution in [0.2, 0.25) is 0 Å². The van der Waals surface area contributed by atoms with Crippen LogP contribution in [0.15, 0.2) is 18.2 Å². The van der Waals surface area contributed by atoms with Crippen LogP contribution in [-0.2, 0) is 0 Å². The molecule has 0 aliphatic heterocycles. The summed E-state index contributed by atoms with van der Waals surface area (Å²) in [4.78, 5) is 0.